The van der Waals surface area contributed by atoms with Gasteiger partial charge in [-0.3, -0.25) is 0 Å². The first-order chi connectivity index (χ1) is 8.21. The fourth-order valence-corrected chi connectivity index (χ4v) is 1.63. The average Bonchev–Trinajstić information content (AvgIpc) is 2.33. The molecule has 0 radical (unpaired) electrons. The summed E-state index contributed by atoms with van der Waals surface area (Å²) in [6.45, 7) is 4.05. The Morgan fingerprint density at radius 2 is 1.94 bits per heavy atom. The van der Waals surface area contributed by atoms with Crippen LogP contribution in [0, 0.1) is 0 Å². The van der Waals surface area contributed by atoms with E-state index in [9.17, 15) is 4.79 Å². The maximum atomic E-state index is 10.7. The summed E-state index contributed by atoms with van der Waals surface area (Å²) in [5, 5.41) is 0. The molecule has 0 amide bonds. The molecule has 17 heavy (non-hydrogen) atoms. The maximum Gasteiger partial charge on any atom is 0.153 e. The molecule has 0 saturated heterocycles. The van der Waals surface area contributed by atoms with E-state index in [1.54, 1.807) is 0 Å². The van der Waals surface area contributed by atoms with E-state index in [0.717, 1.165) is 17.4 Å². The molecule has 2 nitrogen and oxygen atoms in total. The first-order valence-corrected chi connectivity index (χ1v) is 5.60. The van der Waals surface area contributed by atoms with Crippen LogP contribution < -0.4 is 0 Å². The Hall–Kier alpha value is -1.67. The number of methoxy groups -OCH3 is 1. The van der Waals surface area contributed by atoms with Crippen LogP contribution in [0.25, 0.3) is 6.08 Å². The summed E-state index contributed by atoms with van der Waals surface area (Å²) in [4.78, 5) is 10.7. The zero-order valence-corrected chi connectivity index (χ0v) is 10.5. The van der Waals surface area contributed by atoms with Gasteiger partial charge in [-0.25, -0.2) is 0 Å². The van der Waals surface area contributed by atoms with Crippen molar-refractivity contribution in [1.82, 2.24) is 0 Å². The molecule has 1 unspecified atom stereocenters. The number of aldehydes is 1. The lowest BCUT2D eigenvalue weighted by Crippen LogP contribution is -2.01. The molecule has 0 bridgehead atoms. The van der Waals surface area contributed by atoms with E-state index in [0.29, 0.717) is 0 Å². The molecule has 90 valence electrons. The van der Waals surface area contributed by atoms with Crippen LogP contribution >= 0.6 is 0 Å². The van der Waals surface area contributed by atoms with Gasteiger partial charge in [-0.2, -0.15) is 0 Å². The molecule has 1 rings (SSSR count). The molecule has 0 fully saturated rings. The van der Waals surface area contributed by atoms with Crippen molar-refractivity contribution in [2.24, 2.45) is 0 Å². The number of benzene rings is 1. The normalized spacial score (nSPS) is 13.9. The minimum absolute atomic E-state index is 0.468. The Kier molecular flexibility index (Phi) is 5.37. The maximum absolute atomic E-state index is 10.7. The van der Waals surface area contributed by atoms with Crippen LogP contribution in [0.2, 0.25) is 0 Å². The zero-order valence-electron chi connectivity index (χ0n) is 10.5. The molecule has 1 atom stereocenters. The first kappa shape index (κ1) is 13.4. The van der Waals surface area contributed by atoms with Gasteiger partial charge in [0.1, 0.15) is 6.10 Å². The Labute approximate surface area is 103 Å². The highest BCUT2D eigenvalue weighted by Crippen LogP contribution is 2.16. The van der Waals surface area contributed by atoms with Crippen molar-refractivity contribution in [1.29, 1.82) is 0 Å². The van der Waals surface area contributed by atoms with E-state index in [1.165, 1.54) is 12.7 Å². The lowest BCUT2D eigenvalue weighted by Gasteiger charge is -2.08. The average molecular weight is 230 g/mol. The van der Waals surface area contributed by atoms with Crippen LogP contribution in [0.5, 0.6) is 0 Å². The van der Waals surface area contributed by atoms with Crippen LogP contribution in [-0.4, -0.2) is 13.4 Å². The second kappa shape index (κ2) is 6.81. The van der Waals surface area contributed by atoms with Gasteiger partial charge in [0.25, 0.3) is 0 Å². The highest BCUT2D eigenvalue weighted by molar-refractivity contribution is 5.61. The molecule has 1 aromatic carbocycles. The monoisotopic (exact) mass is 230 g/mol. The molecule has 0 saturated carbocycles. The van der Waals surface area contributed by atoms with Crippen molar-refractivity contribution in [3.63, 3.8) is 0 Å². The zero-order chi connectivity index (χ0) is 12.7. The summed E-state index contributed by atoms with van der Waals surface area (Å²) in [7, 11) is 1.53. The Morgan fingerprint density at radius 3 is 2.41 bits per heavy atom. The molecule has 2 heteroatoms. The lowest BCUT2D eigenvalue weighted by molar-refractivity contribution is -0.116. The van der Waals surface area contributed by atoms with E-state index in [4.69, 9.17) is 4.74 Å². The third-order valence-electron chi connectivity index (χ3n) is 2.47. The molecular weight excluding hydrogens is 212 g/mol. The minimum Gasteiger partial charge on any atom is -0.369 e. The van der Waals surface area contributed by atoms with Gasteiger partial charge in [-0.1, -0.05) is 48.1 Å². The van der Waals surface area contributed by atoms with Gasteiger partial charge in [0.2, 0.25) is 0 Å². The molecular formula is C15H18O2. The molecule has 1 aromatic rings. The number of carbonyl (C=O) groups excluding carboxylic acids is 1. The van der Waals surface area contributed by atoms with Crippen molar-refractivity contribution in [3.8, 4) is 0 Å². The number of allylic oxidation sites excluding steroid dienone is 3. The van der Waals surface area contributed by atoms with Crippen LogP contribution in [0.4, 0.5) is 0 Å². The third kappa shape index (κ3) is 4.00. The van der Waals surface area contributed by atoms with E-state index < -0.39 is 6.10 Å². The number of carbonyl (C=O) groups is 1. The Balaban J connectivity index is 2.88. The molecule has 0 aromatic heterocycles. The van der Waals surface area contributed by atoms with Gasteiger partial charge < -0.3 is 9.53 Å². The molecule has 0 spiro atoms. The van der Waals surface area contributed by atoms with Crippen molar-refractivity contribution >= 4 is 12.4 Å². The van der Waals surface area contributed by atoms with Crippen LogP contribution in [0.15, 0.2) is 42.0 Å². The molecule has 0 heterocycles. The van der Waals surface area contributed by atoms with Crippen LogP contribution in [0.3, 0.4) is 0 Å². The lowest BCUT2D eigenvalue weighted by atomic mass is 10.1. The molecule has 0 aliphatic carbocycles. The van der Waals surface area contributed by atoms with Crippen molar-refractivity contribution in [2.45, 2.75) is 20.0 Å². The summed E-state index contributed by atoms with van der Waals surface area (Å²) in [6.07, 6.45) is 6.48. The second-order valence-electron chi connectivity index (χ2n) is 3.85. The quantitative estimate of drug-likeness (QED) is 0.571. The summed E-state index contributed by atoms with van der Waals surface area (Å²) < 4.78 is 5.05. The summed E-state index contributed by atoms with van der Waals surface area (Å²) in [5.74, 6) is 0. The number of hydrogen-bond acceptors (Lipinski definition) is 2. The van der Waals surface area contributed by atoms with E-state index >= 15 is 0 Å². The molecule has 0 N–H and O–H groups in total. The van der Waals surface area contributed by atoms with Gasteiger partial charge >= 0.3 is 0 Å². The van der Waals surface area contributed by atoms with Crippen LogP contribution in [0.1, 0.15) is 31.1 Å². The molecule has 0 aliphatic rings. The third-order valence-corrected chi connectivity index (χ3v) is 2.47. The van der Waals surface area contributed by atoms with Gasteiger partial charge in [0.05, 0.1) is 0 Å². The first-order valence-electron chi connectivity index (χ1n) is 5.60. The van der Waals surface area contributed by atoms with Gasteiger partial charge in [0, 0.05) is 7.11 Å². The fraction of sp³-hybridized carbons (Fsp3) is 0.267. The summed E-state index contributed by atoms with van der Waals surface area (Å²) in [6, 6.07) is 7.80. The summed E-state index contributed by atoms with van der Waals surface area (Å²) >= 11 is 0. The van der Waals surface area contributed by atoms with Gasteiger partial charge in [-0.15, -0.1) is 0 Å². The van der Waals surface area contributed by atoms with Crippen molar-refractivity contribution < 1.29 is 9.53 Å². The largest absolute Gasteiger partial charge is 0.369 e. The van der Waals surface area contributed by atoms with E-state index in [2.05, 4.69) is 19.1 Å². The summed E-state index contributed by atoms with van der Waals surface area (Å²) in [5.41, 5.74) is 3.19. The predicted octanol–water partition coefficient (Wildman–Crippen LogP) is 3.55. The van der Waals surface area contributed by atoms with Crippen molar-refractivity contribution in [3.05, 3.63) is 53.1 Å². The SMILES string of the molecule is C/C=C\C(C)=C/c1ccc(C(C=O)OC)cc1. The fourth-order valence-electron chi connectivity index (χ4n) is 1.63. The number of rotatable bonds is 5. The standard InChI is InChI=1S/C15H18O2/c1-4-5-12(2)10-13-6-8-14(9-7-13)15(11-16)17-3/h4-11,15H,1-3H3/b5-4-,12-10-. The number of hydrogen-bond donors (Lipinski definition) is 0. The Morgan fingerprint density at radius 1 is 1.29 bits per heavy atom. The smallest absolute Gasteiger partial charge is 0.153 e. The highest BCUT2D eigenvalue weighted by Gasteiger charge is 2.07. The highest BCUT2D eigenvalue weighted by atomic mass is 16.5. The van der Waals surface area contributed by atoms with E-state index in [-0.39, 0.29) is 0 Å². The second-order valence-corrected chi connectivity index (χ2v) is 3.85. The number of ether oxygens (including phenoxy) is 1. The van der Waals surface area contributed by atoms with Gasteiger partial charge in [0.15, 0.2) is 6.29 Å². The van der Waals surface area contributed by atoms with Crippen LogP contribution in [-0.2, 0) is 9.53 Å². The van der Waals surface area contributed by atoms with Crippen molar-refractivity contribution in [2.75, 3.05) is 7.11 Å². The van der Waals surface area contributed by atoms with Gasteiger partial charge in [-0.05, 0) is 25.0 Å². The van der Waals surface area contributed by atoms with E-state index in [1.807, 2.05) is 37.3 Å². The predicted molar refractivity (Wildman–Crippen MR) is 70.7 cm³/mol. The molecule has 0 aliphatic heterocycles. The minimum atomic E-state index is -0.468. The Bertz CT molecular complexity index is 413. The topological polar surface area (TPSA) is 26.3 Å².